The van der Waals surface area contributed by atoms with Gasteiger partial charge in [-0.15, -0.1) is 0 Å². The summed E-state index contributed by atoms with van der Waals surface area (Å²) < 4.78 is 0. The van der Waals surface area contributed by atoms with Gasteiger partial charge in [-0.05, 0) is 36.1 Å². The van der Waals surface area contributed by atoms with Gasteiger partial charge < -0.3 is 10.4 Å². The van der Waals surface area contributed by atoms with E-state index in [0.717, 1.165) is 23.2 Å². The van der Waals surface area contributed by atoms with E-state index in [1.807, 2.05) is 54.6 Å². The van der Waals surface area contributed by atoms with Crippen LogP contribution in [0.4, 0.5) is 5.69 Å². The number of carbonyl (C=O) groups excluding carboxylic acids is 1. The predicted octanol–water partition coefficient (Wildman–Crippen LogP) is 3.31. The van der Waals surface area contributed by atoms with Gasteiger partial charge in [-0.1, -0.05) is 42.5 Å². The zero-order valence-electron chi connectivity index (χ0n) is 11.5. The van der Waals surface area contributed by atoms with Gasteiger partial charge >= 0.3 is 0 Å². The third-order valence-corrected chi connectivity index (χ3v) is 3.17. The molecule has 3 nitrogen and oxygen atoms in total. The highest BCUT2D eigenvalue weighted by Gasteiger charge is 2.07. The second-order valence-corrected chi connectivity index (χ2v) is 4.84. The van der Waals surface area contributed by atoms with Crippen LogP contribution in [0.25, 0.3) is 0 Å². The van der Waals surface area contributed by atoms with Crippen LogP contribution in [0.2, 0.25) is 0 Å². The normalized spacial score (nSPS) is 11.9. The molecule has 1 atom stereocenters. The number of aliphatic hydroxyl groups is 1. The minimum atomic E-state index is -0.439. The molecule has 3 heteroatoms. The first-order chi connectivity index (χ1) is 9.65. The molecule has 2 rings (SSSR count). The molecule has 104 valence electrons. The maximum Gasteiger partial charge on any atom is 0.221 e. The predicted molar refractivity (Wildman–Crippen MR) is 80.5 cm³/mol. The maximum absolute atomic E-state index is 10.9. The number of carbonyl (C=O) groups is 1. The van der Waals surface area contributed by atoms with Gasteiger partial charge in [0.1, 0.15) is 0 Å². The highest BCUT2D eigenvalue weighted by molar-refractivity contribution is 5.88. The molecule has 2 aromatic carbocycles. The fourth-order valence-electron chi connectivity index (χ4n) is 2.10. The van der Waals surface area contributed by atoms with Crippen molar-refractivity contribution in [1.29, 1.82) is 0 Å². The van der Waals surface area contributed by atoms with E-state index in [2.05, 4.69) is 5.32 Å². The van der Waals surface area contributed by atoms with E-state index in [-0.39, 0.29) is 5.91 Å². The molecule has 0 aliphatic carbocycles. The second kappa shape index (κ2) is 6.87. The van der Waals surface area contributed by atoms with Crippen molar-refractivity contribution in [2.24, 2.45) is 0 Å². The lowest BCUT2D eigenvalue weighted by atomic mass is 10.0. The molecule has 2 aromatic rings. The molecule has 0 saturated heterocycles. The van der Waals surface area contributed by atoms with Gasteiger partial charge in [0.05, 0.1) is 6.10 Å². The van der Waals surface area contributed by atoms with Gasteiger partial charge in [-0.25, -0.2) is 0 Å². The molecular weight excluding hydrogens is 250 g/mol. The summed E-state index contributed by atoms with van der Waals surface area (Å²) in [6.07, 6.45) is 1.05. The van der Waals surface area contributed by atoms with Crippen LogP contribution in [0.5, 0.6) is 0 Å². The number of nitrogens with one attached hydrogen (secondary N) is 1. The SMILES string of the molecule is CC(=O)Nc1ccc(CC[C@H](O)c2ccccc2)cc1. The Morgan fingerprint density at radius 3 is 2.35 bits per heavy atom. The first kappa shape index (κ1) is 14.3. The maximum atomic E-state index is 10.9. The summed E-state index contributed by atoms with van der Waals surface area (Å²) in [7, 11) is 0. The standard InChI is InChI=1S/C17H19NO2/c1-13(19)18-16-10-7-14(8-11-16)9-12-17(20)15-5-3-2-4-6-15/h2-8,10-11,17,20H,9,12H2,1H3,(H,18,19)/t17-/m0/s1. The third kappa shape index (κ3) is 4.21. The van der Waals surface area contributed by atoms with Gasteiger partial charge in [-0.2, -0.15) is 0 Å². The molecule has 0 heterocycles. The van der Waals surface area contributed by atoms with Gasteiger partial charge in [-0.3, -0.25) is 4.79 Å². The van der Waals surface area contributed by atoms with Crippen molar-refractivity contribution in [3.8, 4) is 0 Å². The minimum Gasteiger partial charge on any atom is -0.388 e. The smallest absolute Gasteiger partial charge is 0.221 e. The van der Waals surface area contributed by atoms with E-state index in [1.165, 1.54) is 6.92 Å². The number of hydrogen-bond acceptors (Lipinski definition) is 2. The fourth-order valence-corrected chi connectivity index (χ4v) is 2.10. The zero-order chi connectivity index (χ0) is 14.4. The Morgan fingerprint density at radius 2 is 1.75 bits per heavy atom. The first-order valence-corrected chi connectivity index (χ1v) is 6.74. The van der Waals surface area contributed by atoms with Gasteiger partial charge in [0.15, 0.2) is 0 Å². The molecule has 0 aliphatic heterocycles. The first-order valence-electron chi connectivity index (χ1n) is 6.74. The Bertz CT molecular complexity index is 549. The third-order valence-electron chi connectivity index (χ3n) is 3.17. The summed E-state index contributed by atoms with van der Waals surface area (Å²) in [5, 5.41) is 12.8. The van der Waals surface area contributed by atoms with E-state index >= 15 is 0 Å². The lowest BCUT2D eigenvalue weighted by Crippen LogP contribution is -2.05. The number of aliphatic hydroxyl groups excluding tert-OH is 1. The number of aryl methyl sites for hydroxylation is 1. The molecule has 1 amide bonds. The molecule has 0 aromatic heterocycles. The molecule has 0 spiro atoms. The Kier molecular flexibility index (Phi) is 4.91. The molecule has 0 saturated carbocycles. The van der Waals surface area contributed by atoms with E-state index in [9.17, 15) is 9.90 Å². The van der Waals surface area contributed by atoms with Crippen LogP contribution in [0.15, 0.2) is 54.6 Å². The summed E-state index contributed by atoms with van der Waals surface area (Å²) in [5.41, 5.74) is 2.89. The van der Waals surface area contributed by atoms with Gasteiger partial charge in [0.25, 0.3) is 0 Å². The van der Waals surface area contributed by atoms with Crippen LogP contribution in [0, 0.1) is 0 Å². The lowest BCUT2D eigenvalue weighted by molar-refractivity contribution is -0.114. The van der Waals surface area contributed by atoms with Crippen molar-refractivity contribution in [2.75, 3.05) is 5.32 Å². The average molecular weight is 269 g/mol. The topological polar surface area (TPSA) is 49.3 Å². The Morgan fingerprint density at radius 1 is 1.10 bits per heavy atom. The van der Waals surface area contributed by atoms with Crippen molar-refractivity contribution in [2.45, 2.75) is 25.9 Å². The van der Waals surface area contributed by atoms with Crippen LogP contribution >= 0.6 is 0 Å². The van der Waals surface area contributed by atoms with Crippen molar-refractivity contribution in [1.82, 2.24) is 0 Å². The Balaban J connectivity index is 1.89. The number of anilines is 1. The number of amides is 1. The minimum absolute atomic E-state index is 0.0720. The van der Waals surface area contributed by atoms with Crippen LogP contribution < -0.4 is 5.32 Å². The highest BCUT2D eigenvalue weighted by atomic mass is 16.3. The molecule has 0 bridgehead atoms. The Labute approximate surface area is 119 Å². The quantitative estimate of drug-likeness (QED) is 0.875. The average Bonchev–Trinajstić information content (AvgIpc) is 2.46. The van der Waals surface area contributed by atoms with Crippen molar-refractivity contribution >= 4 is 11.6 Å². The summed E-state index contributed by atoms with van der Waals surface area (Å²) in [6, 6.07) is 17.4. The van der Waals surface area contributed by atoms with E-state index < -0.39 is 6.10 Å². The van der Waals surface area contributed by atoms with Crippen molar-refractivity contribution in [3.63, 3.8) is 0 Å². The molecule has 2 N–H and O–H groups in total. The van der Waals surface area contributed by atoms with E-state index in [4.69, 9.17) is 0 Å². The molecular formula is C17H19NO2. The number of rotatable bonds is 5. The fraction of sp³-hybridized carbons (Fsp3) is 0.235. The summed E-state index contributed by atoms with van der Waals surface area (Å²) in [4.78, 5) is 10.9. The summed E-state index contributed by atoms with van der Waals surface area (Å²) in [6.45, 7) is 1.49. The summed E-state index contributed by atoms with van der Waals surface area (Å²) in [5.74, 6) is -0.0720. The van der Waals surface area contributed by atoms with Crippen LogP contribution in [-0.4, -0.2) is 11.0 Å². The van der Waals surface area contributed by atoms with Gasteiger partial charge in [0.2, 0.25) is 5.91 Å². The zero-order valence-corrected chi connectivity index (χ0v) is 11.5. The lowest BCUT2D eigenvalue weighted by Gasteiger charge is -2.11. The number of benzene rings is 2. The molecule has 0 fully saturated rings. The van der Waals surface area contributed by atoms with E-state index in [1.54, 1.807) is 0 Å². The molecule has 20 heavy (non-hydrogen) atoms. The molecule has 0 unspecified atom stereocenters. The monoisotopic (exact) mass is 269 g/mol. The van der Waals surface area contributed by atoms with Crippen molar-refractivity contribution in [3.05, 3.63) is 65.7 Å². The number of hydrogen-bond donors (Lipinski definition) is 2. The molecule has 0 aliphatic rings. The van der Waals surface area contributed by atoms with Crippen LogP contribution in [0.3, 0.4) is 0 Å². The summed E-state index contributed by atoms with van der Waals surface area (Å²) >= 11 is 0. The van der Waals surface area contributed by atoms with Gasteiger partial charge in [0, 0.05) is 12.6 Å². The second-order valence-electron chi connectivity index (χ2n) is 4.84. The molecule has 0 radical (unpaired) electrons. The van der Waals surface area contributed by atoms with Crippen molar-refractivity contribution < 1.29 is 9.90 Å². The Hall–Kier alpha value is -2.13. The largest absolute Gasteiger partial charge is 0.388 e. The van der Waals surface area contributed by atoms with E-state index in [0.29, 0.717) is 6.42 Å². The highest BCUT2D eigenvalue weighted by Crippen LogP contribution is 2.19. The van der Waals surface area contributed by atoms with Crippen LogP contribution in [-0.2, 0) is 11.2 Å². The van der Waals surface area contributed by atoms with Crippen LogP contribution in [0.1, 0.15) is 30.6 Å².